The maximum atomic E-state index is 10.8. The van der Waals surface area contributed by atoms with E-state index >= 15 is 0 Å². The molecule has 2 aromatic carbocycles. The van der Waals surface area contributed by atoms with E-state index in [0.717, 1.165) is 11.3 Å². The van der Waals surface area contributed by atoms with Crippen LogP contribution in [-0.2, 0) is 5.75 Å². The Hall–Kier alpha value is -1.81. The van der Waals surface area contributed by atoms with Crippen LogP contribution < -0.4 is 0 Å². The van der Waals surface area contributed by atoms with Gasteiger partial charge < -0.3 is 0 Å². The Morgan fingerprint density at radius 1 is 1.16 bits per heavy atom. The topological polar surface area (TPSA) is 43.1 Å². The Morgan fingerprint density at radius 2 is 1.89 bits per heavy atom. The Balaban J connectivity index is 2.02. The molecular formula is C15H15NO2S. The lowest BCUT2D eigenvalue weighted by molar-refractivity contribution is -0.384. The van der Waals surface area contributed by atoms with Crippen LogP contribution in [0.4, 0.5) is 5.69 Å². The van der Waals surface area contributed by atoms with Crippen molar-refractivity contribution in [1.82, 2.24) is 0 Å². The van der Waals surface area contributed by atoms with Gasteiger partial charge >= 0.3 is 0 Å². The van der Waals surface area contributed by atoms with Crippen LogP contribution >= 0.6 is 11.8 Å². The molecule has 0 aromatic heterocycles. The zero-order valence-electron chi connectivity index (χ0n) is 10.7. The number of nitro benzene ring substituents is 1. The highest BCUT2D eigenvalue weighted by Crippen LogP contribution is 2.32. The summed E-state index contributed by atoms with van der Waals surface area (Å²) in [6, 6.07) is 17.1. The molecule has 0 spiro atoms. The molecule has 0 heterocycles. The van der Waals surface area contributed by atoms with Crippen LogP contribution in [0.25, 0.3) is 0 Å². The number of thioether (sulfide) groups is 1. The summed E-state index contributed by atoms with van der Waals surface area (Å²) in [4.78, 5) is 10.4. The van der Waals surface area contributed by atoms with Crippen molar-refractivity contribution in [3.05, 3.63) is 75.8 Å². The Bertz CT molecular complexity index is 557. The van der Waals surface area contributed by atoms with Gasteiger partial charge in [-0.15, -0.1) is 11.8 Å². The molecule has 2 aromatic rings. The van der Waals surface area contributed by atoms with E-state index in [9.17, 15) is 10.1 Å². The normalized spacial score (nSPS) is 12.1. The molecule has 1 unspecified atom stereocenters. The highest BCUT2D eigenvalue weighted by atomic mass is 32.2. The van der Waals surface area contributed by atoms with Crippen molar-refractivity contribution in [3.63, 3.8) is 0 Å². The predicted octanol–water partition coefficient (Wildman–Crippen LogP) is 4.59. The summed E-state index contributed by atoms with van der Waals surface area (Å²) in [5.74, 6) is 0.907. The highest BCUT2D eigenvalue weighted by molar-refractivity contribution is 7.98. The maximum absolute atomic E-state index is 10.8. The number of hydrogen-bond acceptors (Lipinski definition) is 3. The van der Waals surface area contributed by atoms with Crippen molar-refractivity contribution in [2.75, 3.05) is 0 Å². The molecular weight excluding hydrogens is 258 g/mol. The van der Waals surface area contributed by atoms with E-state index in [1.165, 1.54) is 11.6 Å². The van der Waals surface area contributed by atoms with E-state index in [4.69, 9.17) is 0 Å². The van der Waals surface area contributed by atoms with Gasteiger partial charge in [0, 0.05) is 23.1 Å². The van der Waals surface area contributed by atoms with E-state index in [0.29, 0.717) is 0 Å². The van der Waals surface area contributed by atoms with Gasteiger partial charge in [-0.1, -0.05) is 42.5 Å². The summed E-state index contributed by atoms with van der Waals surface area (Å²) >= 11 is 1.78. The van der Waals surface area contributed by atoms with Crippen LogP contribution in [0.1, 0.15) is 23.3 Å². The first-order valence-corrected chi connectivity index (χ1v) is 7.11. The molecule has 0 fully saturated rings. The lowest BCUT2D eigenvalue weighted by Gasteiger charge is -2.11. The van der Waals surface area contributed by atoms with Gasteiger partial charge in [-0.05, 0) is 18.1 Å². The summed E-state index contributed by atoms with van der Waals surface area (Å²) in [6.45, 7) is 2.08. The molecule has 3 nitrogen and oxygen atoms in total. The van der Waals surface area contributed by atoms with Gasteiger partial charge in [0.2, 0.25) is 0 Å². The quantitative estimate of drug-likeness (QED) is 0.591. The minimum absolute atomic E-state index is 0.157. The van der Waals surface area contributed by atoms with Gasteiger partial charge in [0.15, 0.2) is 0 Å². The molecule has 1 atom stereocenters. The number of nitrogens with zero attached hydrogens (tertiary/aromatic N) is 1. The number of nitro groups is 1. The van der Waals surface area contributed by atoms with Crippen LogP contribution in [0.5, 0.6) is 0 Å². The molecule has 0 radical (unpaired) electrons. The molecule has 0 N–H and O–H groups in total. The summed E-state index contributed by atoms with van der Waals surface area (Å²) in [5.41, 5.74) is 2.42. The summed E-state index contributed by atoms with van der Waals surface area (Å²) in [7, 11) is 0. The molecule has 0 aliphatic heterocycles. The fraction of sp³-hybridized carbons (Fsp3) is 0.200. The Kier molecular flexibility index (Phi) is 4.58. The van der Waals surface area contributed by atoms with Gasteiger partial charge in [0.05, 0.1) is 4.92 Å². The van der Waals surface area contributed by atoms with Gasteiger partial charge in [-0.3, -0.25) is 10.1 Å². The second kappa shape index (κ2) is 6.38. The average molecular weight is 273 g/mol. The third-order valence-corrected chi connectivity index (χ3v) is 4.17. The number of hydrogen-bond donors (Lipinski definition) is 0. The standard InChI is InChI=1S/C15H15NO2S/c1-12(19-11-13-6-3-2-4-7-13)14-8-5-9-15(10-14)16(17)18/h2-10,12H,11H2,1H3. The molecule has 0 bridgehead atoms. The molecule has 0 aliphatic carbocycles. The summed E-state index contributed by atoms with van der Waals surface area (Å²) in [5, 5.41) is 11.0. The smallest absolute Gasteiger partial charge is 0.258 e. The van der Waals surface area contributed by atoms with Crippen LogP contribution in [0, 0.1) is 10.1 Å². The maximum Gasteiger partial charge on any atom is 0.269 e. The predicted molar refractivity (Wildman–Crippen MR) is 79.2 cm³/mol. The van der Waals surface area contributed by atoms with E-state index in [-0.39, 0.29) is 15.9 Å². The number of non-ortho nitro benzene ring substituents is 1. The highest BCUT2D eigenvalue weighted by Gasteiger charge is 2.11. The lowest BCUT2D eigenvalue weighted by atomic mass is 10.1. The van der Waals surface area contributed by atoms with Crippen molar-refractivity contribution in [2.45, 2.75) is 17.9 Å². The molecule has 0 saturated carbocycles. The molecule has 0 amide bonds. The largest absolute Gasteiger partial charge is 0.269 e. The minimum Gasteiger partial charge on any atom is -0.258 e. The van der Waals surface area contributed by atoms with Crippen molar-refractivity contribution >= 4 is 17.4 Å². The van der Waals surface area contributed by atoms with Crippen molar-refractivity contribution in [2.24, 2.45) is 0 Å². The Labute approximate surface area is 116 Å². The van der Waals surface area contributed by atoms with Crippen LogP contribution in [0.2, 0.25) is 0 Å². The molecule has 19 heavy (non-hydrogen) atoms. The van der Waals surface area contributed by atoms with Crippen molar-refractivity contribution in [1.29, 1.82) is 0 Å². The van der Waals surface area contributed by atoms with E-state index in [1.54, 1.807) is 23.9 Å². The van der Waals surface area contributed by atoms with E-state index in [1.807, 2.05) is 24.3 Å². The SMILES string of the molecule is CC(SCc1ccccc1)c1cccc([N+](=O)[O-])c1. The molecule has 4 heteroatoms. The fourth-order valence-corrected chi connectivity index (χ4v) is 2.76. The first kappa shape index (κ1) is 13.6. The lowest BCUT2D eigenvalue weighted by Crippen LogP contribution is -1.93. The summed E-state index contributed by atoms with van der Waals surface area (Å²) in [6.07, 6.45) is 0. The van der Waals surface area contributed by atoms with Gasteiger partial charge in [-0.2, -0.15) is 0 Å². The minimum atomic E-state index is -0.349. The van der Waals surface area contributed by atoms with Crippen LogP contribution in [-0.4, -0.2) is 4.92 Å². The molecule has 0 saturated heterocycles. The zero-order chi connectivity index (χ0) is 13.7. The van der Waals surface area contributed by atoms with Crippen LogP contribution in [0.3, 0.4) is 0 Å². The Morgan fingerprint density at radius 3 is 2.58 bits per heavy atom. The molecule has 2 rings (SSSR count). The summed E-state index contributed by atoms with van der Waals surface area (Å²) < 4.78 is 0. The van der Waals surface area contributed by atoms with Crippen molar-refractivity contribution < 1.29 is 4.92 Å². The molecule has 0 aliphatic rings. The first-order valence-electron chi connectivity index (χ1n) is 6.06. The van der Waals surface area contributed by atoms with E-state index in [2.05, 4.69) is 19.1 Å². The number of benzene rings is 2. The van der Waals surface area contributed by atoms with E-state index < -0.39 is 0 Å². The fourth-order valence-electron chi connectivity index (χ4n) is 1.78. The molecule has 98 valence electrons. The third kappa shape index (κ3) is 3.83. The van der Waals surface area contributed by atoms with Gasteiger partial charge in [0.1, 0.15) is 0 Å². The monoisotopic (exact) mass is 273 g/mol. The number of rotatable bonds is 5. The van der Waals surface area contributed by atoms with Gasteiger partial charge in [0.25, 0.3) is 5.69 Å². The second-order valence-electron chi connectivity index (χ2n) is 4.29. The first-order chi connectivity index (χ1) is 9.16. The second-order valence-corrected chi connectivity index (χ2v) is 5.62. The zero-order valence-corrected chi connectivity index (χ0v) is 11.5. The van der Waals surface area contributed by atoms with Crippen molar-refractivity contribution in [3.8, 4) is 0 Å². The van der Waals surface area contributed by atoms with Gasteiger partial charge in [-0.25, -0.2) is 0 Å². The van der Waals surface area contributed by atoms with Crippen LogP contribution in [0.15, 0.2) is 54.6 Å². The average Bonchev–Trinajstić information content (AvgIpc) is 2.46. The third-order valence-electron chi connectivity index (χ3n) is 2.89.